The van der Waals surface area contributed by atoms with Gasteiger partial charge in [0, 0.05) is 0 Å². The van der Waals surface area contributed by atoms with Crippen LogP contribution >= 0.6 is 34.5 Å². The molecule has 2 heterocycles. The zero-order chi connectivity index (χ0) is 12.9. The Bertz CT molecular complexity index is 660. The predicted octanol–water partition coefficient (Wildman–Crippen LogP) is 3.92. The third-order valence-electron chi connectivity index (χ3n) is 2.65. The number of amides is 1. The van der Waals surface area contributed by atoms with Gasteiger partial charge in [-0.25, -0.2) is 0 Å². The molecular weight excluding hydrogens is 293 g/mol. The van der Waals surface area contributed by atoms with Crippen LogP contribution in [0.1, 0.15) is 10.4 Å². The molecule has 0 atom stereocenters. The molecule has 1 amide bonds. The average molecular weight is 298 g/mol. The third-order valence-corrected chi connectivity index (χ3v) is 4.16. The molecule has 1 aliphatic heterocycles. The lowest BCUT2D eigenvalue weighted by molar-refractivity contribution is -0.113. The van der Waals surface area contributed by atoms with E-state index in [4.69, 9.17) is 23.2 Å². The number of thiophene rings is 1. The number of nitrogens with zero attached hydrogens (tertiary/aromatic N) is 1. The van der Waals surface area contributed by atoms with Crippen LogP contribution in [0, 0.1) is 0 Å². The van der Waals surface area contributed by atoms with Crippen LogP contribution in [-0.2, 0) is 4.79 Å². The van der Waals surface area contributed by atoms with Crippen LogP contribution in [0.3, 0.4) is 0 Å². The van der Waals surface area contributed by atoms with Crippen LogP contribution in [0.4, 0.5) is 10.7 Å². The van der Waals surface area contributed by atoms with E-state index < -0.39 is 11.7 Å². The first-order valence-corrected chi connectivity index (χ1v) is 6.65. The molecule has 2 aromatic rings. The minimum atomic E-state index is -0.619. The molecule has 1 aliphatic rings. The molecule has 0 saturated heterocycles. The smallest absolute Gasteiger partial charge is 0.283 e. The Morgan fingerprint density at radius 1 is 1.06 bits per heavy atom. The summed E-state index contributed by atoms with van der Waals surface area (Å²) in [4.78, 5) is 25.1. The van der Waals surface area contributed by atoms with Crippen molar-refractivity contribution < 1.29 is 9.59 Å². The molecule has 6 heteroatoms. The number of halogens is 2. The summed E-state index contributed by atoms with van der Waals surface area (Å²) in [5, 5.41) is 3.00. The molecule has 0 bridgehead atoms. The average Bonchev–Trinajstić information content (AvgIpc) is 2.88. The van der Waals surface area contributed by atoms with Crippen molar-refractivity contribution in [3.8, 4) is 0 Å². The van der Waals surface area contributed by atoms with Crippen LogP contribution < -0.4 is 4.90 Å². The first kappa shape index (κ1) is 11.7. The van der Waals surface area contributed by atoms with Crippen molar-refractivity contribution in [2.45, 2.75) is 0 Å². The third kappa shape index (κ3) is 1.50. The van der Waals surface area contributed by atoms with Crippen molar-refractivity contribution in [3.05, 3.63) is 45.3 Å². The van der Waals surface area contributed by atoms with Crippen molar-refractivity contribution >= 4 is 56.9 Å². The van der Waals surface area contributed by atoms with Gasteiger partial charge in [0.2, 0.25) is 0 Å². The van der Waals surface area contributed by atoms with Gasteiger partial charge in [-0.2, -0.15) is 0 Å². The Morgan fingerprint density at radius 2 is 1.72 bits per heavy atom. The highest BCUT2D eigenvalue weighted by Gasteiger charge is 2.39. The lowest BCUT2D eigenvalue weighted by Gasteiger charge is -2.17. The van der Waals surface area contributed by atoms with E-state index in [2.05, 4.69) is 0 Å². The Hall–Kier alpha value is -1.36. The minimum absolute atomic E-state index is 0.338. The highest BCUT2D eigenvalue weighted by Crippen LogP contribution is 2.45. The second-order valence-electron chi connectivity index (χ2n) is 3.68. The summed E-state index contributed by atoms with van der Waals surface area (Å²) in [7, 11) is 0. The van der Waals surface area contributed by atoms with Gasteiger partial charge in [-0.1, -0.05) is 29.3 Å². The maximum Gasteiger partial charge on any atom is 0.304 e. The maximum absolute atomic E-state index is 12.0. The van der Waals surface area contributed by atoms with E-state index in [1.165, 1.54) is 16.2 Å². The number of ketones is 1. The molecule has 3 rings (SSSR count). The summed E-state index contributed by atoms with van der Waals surface area (Å²) in [6, 6.07) is 6.58. The Labute approximate surface area is 117 Å². The fourth-order valence-corrected chi connectivity index (χ4v) is 3.33. The minimum Gasteiger partial charge on any atom is -0.283 e. The van der Waals surface area contributed by atoms with Gasteiger partial charge >= 0.3 is 5.91 Å². The Morgan fingerprint density at radius 3 is 2.39 bits per heavy atom. The molecule has 0 radical (unpaired) electrons. The molecule has 0 aliphatic carbocycles. The van der Waals surface area contributed by atoms with Crippen molar-refractivity contribution in [2.24, 2.45) is 0 Å². The number of hydrogen-bond donors (Lipinski definition) is 0. The van der Waals surface area contributed by atoms with Gasteiger partial charge in [-0.15, -0.1) is 11.3 Å². The van der Waals surface area contributed by atoms with E-state index in [9.17, 15) is 9.59 Å². The number of benzene rings is 1. The molecule has 0 unspecified atom stereocenters. The number of carbonyl (C=O) groups is 2. The number of hydrogen-bond acceptors (Lipinski definition) is 3. The van der Waals surface area contributed by atoms with Gasteiger partial charge in [-0.05, 0) is 23.6 Å². The fraction of sp³-hybridized carbons (Fsp3) is 0. The molecule has 0 saturated carbocycles. The Kier molecular flexibility index (Phi) is 2.66. The molecule has 1 aromatic carbocycles. The highest BCUT2D eigenvalue weighted by atomic mass is 35.5. The van der Waals surface area contributed by atoms with Gasteiger partial charge in [-0.3, -0.25) is 14.5 Å². The van der Waals surface area contributed by atoms with E-state index in [0.717, 1.165) is 0 Å². The first-order valence-electron chi connectivity index (χ1n) is 5.01. The molecular formula is C12H5Cl2NO2S. The summed E-state index contributed by atoms with van der Waals surface area (Å²) >= 11 is 13.4. The topological polar surface area (TPSA) is 37.4 Å². The van der Waals surface area contributed by atoms with Crippen LogP contribution in [0.5, 0.6) is 0 Å². The fourth-order valence-electron chi connectivity index (χ4n) is 1.86. The van der Waals surface area contributed by atoms with E-state index in [0.29, 0.717) is 26.3 Å². The second kappa shape index (κ2) is 4.09. The normalized spacial score (nSPS) is 14.2. The number of fused-ring (bicyclic) bond motifs is 1. The van der Waals surface area contributed by atoms with Crippen molar-refractivity contribution in [1.82, 2.24) is 0 Å². The van der Waals surface area contributed by atoms with Crippen molar-refractivity contribution in [1.29, 1.82) is 0 Å². The second-order valence-corrected chi connectivity index (χ2v) is 5.39. The van der Waals surface area contributed by atoms with Crippen LogP contribution in [-0.4, -0.2) is 11.7 Å². The van der Waals surface area contributed by atoms with Crippen LogP contribution in [0.2, 0.25) is 10.0 Å². The van der Waals surface area contributed by atoms with E-state index >= 15 is 0 Å². The number of rotatable bonds is 1. The molecule has 1 aromatic heterocycles. The summed E-state index contributed by atoms with van der Waals surface area (Å²) in [5.74, 6) is -1.14. The summed E-state index contributed by atoms with van der Waals surface area (Å²) < 4.78 is 0. The number of para-hydroxylation sites is 1. The summed E-state index contributed by atoms with van der Waals surface area (Å²) in [5.41, 5.74) is 0.765. The predicted molar refractivity (Wildman–Crippen MR) is 72.3 cm³/mol. The molecule has 18 heavy (non-hydrogen) atoms. The SMILES string of the molecule is O=C1C(=O)N(c2c(Cl)cccc2Cl)c2sccc21. The van der Waals surface area contributed by atoms with Crippen LogP contribution in [0.15, 0.2) is 29.6 Å². The summed E-state index contributed by atoms with van der Waals surface area (Å²) in [6.45, 7) is 0. The number of carbonyl (C=O) groups excluding carboxylic acids is 2. The van der Waals surface area contributed by atoms with Crippen molar-refractivity contribution in [2.75, 3.05) is 4.90 Å². The van der Waals surface area contributed by atoms with Gasteiger partial charge < -0.3 is 0 Å². The molecule has 0 N–H and O–H groups in total. The number of Topliss-reactive ketones (excluding diaryl/α,β-unsaturated/α-hetero) is 1. The lowest BCUT2D eigenvalue weighted by Crippen LogP contribution is -2.25. The van der Waals surface area contributed by atoms with E-state index in [1.54, 1.807) is 29.6 Å². The van der Waals surface area contributed by atoms with Gasteiger partial charge in [0.1, 0.15) is 5.00 Å². The zero-order valence-corrected chi connectivity index (χ0v) is 11.1. The Balaban J connectivity index is 2.25. The molecule has 3 nitrogen and oxygen atoms in total. The maximum atomic E-state index is 12.0. The van der Waals surface area contributed by atoms with Crippen molar-refractivity contribution in [3.63, 3.8) is 0 Å². The molecule has 0 fully saturated rings. The largest absolute Gasteiger partial charge is 0.304 e. The first-order chi connectivity index (χ1) is 8.61. The number of anilines is 2. The quantitative estimate of drug-likeness (QED) is 0.748. The van der Waals surface area contributed by atoms with E-state index in [-0.39, 0.29) is 0 Å². The van der Waals surface area contributed by atoms with E-state index in [1.807, 2.05) is 0 Å². The molecule has 0 spiro atoms. The molecule has 90 valence electrons. The summed E-state index contributed by atoms with van der Waals surface area (Å²) in [6.07, 6.45) is 0. The van der Waals surface area contributed by atoms with Crippen LogP contribution in [0.25, 0.3) is 0 Å². The van der Waals surface area contributed by atoms with Gasteiger partial charge in [0.15, 0.2) is 0 Å². The van der Waals surface area contributed by atoms with Gasteiger partial charge in [0.05, 0.1) is 21.3 Å². The lowest BCUT2D eigenvalue weighted by atomic mass is 10.2. The van der Waals surface area contributed by atoms with Gasteiger partial charge in [0.25, 0.3) is 5.78 Å². The monoisotopic (exact) mass is 297 g/mol. The highest BCUT2D eigenvalue weighted by molar-refractivity contribution is 7.15. The zero-order valence-electron chi connectivity index (χ0n) is 8.81. The standard InChI is InChI=1S/C12H5Cl2NO2S/c13-7-2-1-3-8(14)9(7)15-11(17)10(16)6-4-5-18-12(6)15/h1-5H.